The molecule has 0 radical (unpaired) electrons. The van der Waals surface area contributed by atoms with E-state index in [4.69, 9.17) is 5.73 Å². The number of hydrogen-bond donors (Lipinski definition) is 2. The van der Waals surface area contributed by atoms with Crippen LogP contribution in [0.25, 0.3) is 0 Å². The largest absolute Gasteiger partial charge is 0.415 e. The first-order chi connectivity index (χ1) is 8.18. The van der Waals surface area contributed by atoms with E-state index < -0.39 is 17.6 Å². The summed E-state index contributed by atoms with van der Waals surface area (Å²) in [6, 6.07) is 6.51. The lowest BCUT2D eigenvalue weighted by atomic mass is 10.0. The van der Waals surface area contributed by atoms with Crippen molar-refractivity contribution in [3.8, 4) is 0 Å². The van der Waals surface area contributed by atoms with Crippen LogP contribution in [0.15, 0.2) is 29.2 Å². The average Bonchev–Trinajstić information content (AvgIpc) is 2.27. The maximum Gasteiger partial charge on any atom is 0.415 e. The first-order valence-electron chi connectivity index (χ1n) is 4.99. The molecule has 0 heterocycles. The fourth-order valence-corrected chi connectivity index (χ4v) is 1.55. The van der Waals surface area contributed by atoms with Gasteiger partial charge in [0.25, 0.3) is 5.91 Å². The Kier molecular flexibility index (Phi) is 4.28. The Morgan fingerprint density at radius 2 is 2.00 bits per heavy atom. The van der Waals surface area contributed by atoms with E-state index in [2.05, 4.69) is 5.32 Å². The van der Waals surface area contributed by atoms with Crippen LogP contribution in [0.1, 0.15) is 6.92 Å². The van der Waals surface area contributed by atoms with Gasteiger partial charge < -0.3 is 11.1 Å². The third-order valence-electron chi connectivity index (χ3n) is 2.39. The smallest absolute Gasteiger partial charge is 0.324 e. The Bertz CT molecular complexity index is 446. The van der Waals surface area contributed by atoms with Crippen molar-refractivity contribution in [1.82, 2.24) is 0 Å². The molecule has 18 heavy (non-hydrogen) atoms. The maximum absolute atomic E-state index is 12.5. The van der Waals surface area contributed by atoms with Gasteiger partial charge in [-0.05, 0) is 31.4 Å². The number of anilines is 1. The zero-order valence-corrected chi connectivity index (χ0v) is 10.7. The number of carbonyl (C=O) groups is 1. The number of benzene rings is 1. The van der Waals surface area contributed by atoms with E-state index >= 15 is 0 Å². The summed E-state index contributed by atoms with van der Waals surface area (Å²) in [7, 11) is 0. The Morgan fingerprint density at radius 1 is 1.39 bits per heavy atom. The summed E-state index contributed by atoms with van der Waals surface area (Å²) in [6.45, 7) is 0.640. The summed E-state index contributed by atoms with van der Waals surface area (Å²) in [4.78, 5) is 12.3. The maximum atomic E-state index is 12.5. The molecule has 1 rings (SSSR count). The van der Waals surface area contributed by atoms with Crippen LogP contribution in [-0.4, -0.2) is 23.9 Å². The van der Waals surface area contributed by atoms with Crippen molar-refractivity contribution in [3.63, 3.8) is 0 Å². The number of hydrogen-bond acceptors (Lipinski definition) is 3. The van der Waals surface area contributed by atoms with Crippen molar-refractivity contribution in [1.29, 1.82) is 0 Å². The van der Waals surface area contributed by atoms with E-state index in [1.54, 1.807) is 18.2 Å². The third kappa shape index (κ3) is 3.17. The molecule has 0 bridgehead atoms. The SMILES string of the molecule is CSc1cccc(NC(=O)C(C)(N)C(F)(F)F)c1. The van der Waals surface area contributed by atoms with Gasteiger partial charge in [0.1, 0.15) is 0 Å². The second-order valence-electron chi connectivity index (χ2n) is 3.89. The van der Waals surface area contributed by atoms with E-state index in [9.17, 15) is 18.0 Å². The standard InChI is InChI=1S/C11H13F3N2OS/c1-10(15,11(12,13)14)9(17)16-7-4-3-5-8(6-7)18-2/h3-6H,15H2,1-2H3,(H,16,17). The molecule has 1 atom stereocenters. The number of thioether (sulfide) groups is 1. The summed E-state index contributed by atoms with van der Waals surface area (Å²) in [5, 5.41) is 2.17. The molecule has 0 aliphatic heterocycles. The summed E-state index contributed by atoms with van der Waals surface area (Å²) in [6.07, 6.45) is -2.97. The van der Waals surface area contributed by atoms with Gasteiger partial charge in [-0.2, -0.15) is 13.2 Å². The minimum Gasteiger partial charge on any atom is -0.324 e. The van der Waals surface area contributed by atoms with Crippen LogP contribution in [0.2, 0.25) is 0 Å². The summed E-state index contributed by atoms with van der Waals surface area (Å²) >= 11 is 1.42. The fraction of sp³-hybridized carbons (Fsp3) is 0.364. The number of rotatable bonds is 3. The first-order valence-corrected chi connectivity index (χ1v) is 6.22. The molecular formula is C11H13F3N2OS. The fourth-order valence-electron chi connectivity index (χ4n) is 1.09. The second-order valence-corrected chi connectivity index (χ2v) is 4.77. The van der Waals surface area contributed by atoms with Gasteiger partial charge in [-0.1, -0.05) is 6.07 Å². The summed E-state index contributed by atoms with van der Waals surface area (Å²) < 4.78 is 37.6. The molecule has 0 saturated carbocycles. The van der Waals surface area contributed by atoms with Gasteiger partial charge in [-0.25, -0.2) is 0 Å². The number of carbonyl (C=O) groups excluding carboxylic acids is 1. The zero-order chi connectivity index (χ0) is 14.0. The summed E-state index contributed by atoms with van der Waals surface area (Å²) in [5.74, 6) is -1.28. The van der Waals surface area contributed by atoms with Crippen LogP contribution in [0.4, 0.5) is 18.9 Å². The predicted molar refractivity (Wildman–Crippen MR) is 65.5 cm³/mol. The quantitative estimate of drug-likeness (QED) is 0.836. The van der Waals surface area contributed by atoms with Gasteiger partial charge in [-0.3, -0.25) is 4.79 Å². The van der Waals surface area contributed by atoms with Crippen molar-refractivity contribution in [2.45, 2.75) is 23.5 Å². The van der Waals surface area contributed by atoms with Crippen molar-refractivity contribution >= 4 is 23.4 Å². The Labute approximate surface area is 107 Å². The molecule has 0 aliphatic rings. The Hall–Kier alpha value is -1.21. The zero-order valence-electron chi connectivity index (χ0n) is 9.84. The molecule has 0 fully saturated rings. The van der Waals surface area contributed by atoms with Gasteiger partial charge in [0, 0.05) is 10.6 Å². The number of halogens is 3. The highest BCUT2D eigenvalue weighted by Gasteiger charge is 2.53. The van der Waals surface area contributed by atoms with Gasteiger partial charge in [-0.15, -0.1) is 11.8 Å². The molecule has 7 heteroatoms. The molecule has 1 aromatic rings. The van der Waals surface area contributed by atoms with Crippen molar-refractivity contribution < 1.29 is 18.0 Å². The topological polar surface area (TPSA) is 55.1 Å². The normalized spacial score (nSPS) is 15.0. The number of amides is 1. The molecule has 1 amide bonds. The molecule has 0 spiro atoms. The molecule has 3 N–H and O–H groups in total. The number of nitrogens with one attached hydrogen (secondary N) is 1. The highest BCUT2D eigenvalue weighted by molar-refractivity contribution is 7.98. The molecule has 1 unspecified atom stereocenters. The molecule has 1 aromatic carbocycles. The van der Waals surface area contributed by atoms with Crippen molar-refractivity contribution in [2.75, 3.05) is 11.6 Å². The van der Waals surface area contributed by atoms with Gasteiger partial charge >= 0.3 is 6.18 Å². The summed E-state index contributed by atoms with van der Waals surface area (Å²) in [5.41, 5.74) is 2.38. The van der Waals surface area contributed by atoms with Crippen molar-refractivity contribution in [2.24, 2.45) is 5.73 Å². The number of nitrogens with two attached hydrogens (primary N) is 1. The van der Waals surface area contributed by atoms with Crippen LogP contribution in [0, 0.1) is 0 Å². The Balaban J connectivity index is 2.88. The van der Waals surface area contributed by atoms with Crippen LogP contribution >= 0.6 is 11.8 Å². The van der Waals surface area contributed by atoms with E-state index in [-0.39, 0.29) is 5.69 Å². The third-order valence-corrected chi connectivity index (χ3v) is 3.11. The minimum absolute atomic E-state index is 0.285. The van der Waals surface area contributed by atoms with E-state index in [0.717, 1.165) is 4.90 Å². The Morgan fingerprint density at radius 3 is 2.50 bits per heavy atom. The van der Waals surface area contributed by atoms with E-state index in [1.807, 2.05) is 6.26 Å². The second kappa shape index (κ2) is 5.19. The molecule has 3 nitrogen and oxygen atoms in total. The lowest BCUT2D eigenvalue weighted by Gasteiger charge is -2.26. The minimum atomic E-state index is -4.80. The lowest BCUT2D eigenvalue weighted by molar-refractivity contribution is -0.184. The van der Waals surface area contributed by atoms with E-state index in [0.29, 0.717) is 6.92 Å². The highest BCUT2D eigenvalue weighted by atomic mass is 32.2. The van der Waals surface area contributed by atoms with Gasteiger partial charge in [0.15, 0.2) is 5.54 Å². The monoisotopic (exact) mass is 278 g/mol. The lowest BCUT2D eigenvalue weighted by Crippen LogP contribution is -2.59. The molecule has 0 aliphatic carbocycles. The first kappa shape index (κ1) is 14.8. The van der Waals surface area contributed by atoms with Gasteiger partial charge in [0.2, 0.25) is 0 Å². The predicted octanol–water partition coefficient (Wildman–Crippen LogP) is 2.63. The van der Waals surface area contributed by atoms with Crippen LogP contribution in [0.5, 0.6) is 0 Å². The van der Waals surface area contributed by atoms with Gasteiger partial charge in [0.05, 0.1) is 0 Å². The van der Waals surface area contributed by atoms with E-state index in [1.165, 1.54) is 17.8 Å². The van der Waals surface area contributed by atoms with Crippen LogP contribution in [0.3, 0.4) is 0 Å². The highest BCUT2D eigenvalue weighted by Crippen LogP contribution is 2.29. The average molecular weight is 278 g/mol. The molecular weight excluding hydrogens is 265 g/mol. The van der Waals surface area contributed by atoms with Crippen LogP contribution < -0.4 is 11.1 Å². The van der Waals surface area contributed by atoms with Crippen molar-refractivity contribution in [3.05, 3.63) is 24.3 Å². The molecule has 100 valence electrons. The molecule has 0 saturated heterocycles. The molecule has 0 aromatic heterocycles. The number of alkyl halides is 3. The van der Waals surface area contributed by atoms with Crippen LogP contribution in [-0.2, 0) is 4.79 Å².